The first kappa shape index (κ1) is 5.17. The third-order valence-corrected chi connectivity index (χ3v) is 0.644. The van der Waals surface area contributed by atoms with Crippen LogP contribution < -0.4 is 0 Å². The summed E-state index contributed by atoms with van der Waals surface area (Å²) in [4.78, 5) is 0. The minimum absolute atomic E-state index is 1.14. The van der Waals surface area contributed by atoms with Crippen molar-refractivity contribution in [3.05, 3.63) is 11.9 Å². The molecule has 5 heavy (non-hydrogen) atoms. The molecule has 1 heteroatoms. The van der Waals surface area contributed by atoms with E-state index in [4.69, 9.17) is 0 Å². The number of hydrogen-bond acceptors (Lipinski definition) is 0. The molecule has 0 bridgehead atoms. The second-order valence-corrected chi connectivity index (χ2v) is 1.22. The van der Waals surface area contributed by atoms with Crippen molar-refractivity contribution in [3.63, 3.8) is 0 Å². The summed E-state index contributed by atoms with van der Waals surface area (Å²) in [5, 5.41) is 0. The average Bonchev–Trinajstić information content (AvgIpc) is 1.41. The van der Waals surface area contributed by atoms with Crippen LogP contribution in [0.25, 0.3) is 0 Å². The Kier molecular flexibility index (Phi) is 4.31. The monoisotopic (exact) mass is 88.0 g/mol. The topological polar surface area (TPSA) is 0 Å². The van der Waals surface area contributed by atoms with E-state index in [1.807, 2.05) is 5.82 Å². The van der Waals surface area contributed by atoms with Crippen LogP contribution >= 0.6 is 9.24 Å². The summed E-state index contributed by atoms with van der Waals surface area (Å²) in [5.41, 5.74) is 0. The largest absolute Gasteiger partial charge is 0.114 e. The SMILES string of the molecule is CC/C=C\P. The quantitative estimate of drug-likeness (QED) is 0.428. The highest BCUT2D eigenvalue weighted by atomic mass is 31.0. The van der Waals surface area contributed by atoms with E-state index in [2.05, 4.69) is 22.2 Å². The minimum Gasteiger partial charge on any atom is -0.114 e. The van der Waals surface area contributed by atoms with Crippen molar-refractivity contribution in [1.29, 1.82) is 0 Å². The second kappa shape index (κ2) is 4.17. The maximum atomic E-state index is 2.52. The molecule has 0 rings (SSSR count). The van der Waals surface area contributed by atoms with E-state index < -0.39 is 0 Å². The van der Waals surface area contributed by atoms with Crippen LogP contribution in [0.15, 0.2) is 11.9 Å². The smallest absolute Gasteiger partial charge is 0.0376 e. The number of allylic oxidation sites excluding steroid dienone is 1. The molecule has 0 aromatic rings. The Bertz CT molecular complexity index is 30.6. The van der Waals surface area contributed by atoms with E-state index in [1.165, 1.54) is 0 Å². The molecule has 30 valence electrons. The summed E-state index contributed by atoms with van der Waals surface area (Å²) in [6.07, 6.45) is 3.23. The molecule has 0 saturated heterocycles. The number of rotatable bonds is 1. The molecule has 0 nitrogen and oxygen atoms in total. The maximum absolute atomic E-state index is 2.52. The van der Waals surface area contributed by atoms with Gasteiger partial charge in [-0.2, -0.15) is 0 Å². The molecule has 1 unspecified atom stereocenters. The fourth-order valence-electron chi connectivity index (χ4n) is 0.136. The Hall–Kier alpha value is 0.170. The van der Waals surface area contributed by atoms with Crippen LogP contribution in [0.2, 0.25) is 0 Å². The van der Waals surface area contributed by atoms with E-state index >= 15 is 0 Å². The van der Waals surface area contributed by atoms with E-state index in [0.717, 1.165) is 6.42 Å². The molecular formula is C4H9P. The molecule has 0 N–H and O–H groups in total. The van der Waals surface area contributed by atoms with Crippen molar-refractivity contribution in [1.82, 2.24) is 0 Å². The molecular weight excluding hydrogens is 79.0 g/mol. The highest BCUT2D eigenvalue weighted by Crippen LogP contribution is 1.84. The molecule has 0 radical (unpaired) electrons. The van der Waals surface area contributed by atoms with Gasteiger partial charge >= 0.3 is 0 Å². The van der Waals surface area contributed by atoms with E-state index in [0.29, 0.717) is 0 Å². The first-order valence-corrected chi connectivity index (χ1v) is 2.45. The van der Waals surface area contributed by atoms with Crippen molar-refractivity contribution in [3.8, 4) is 0 Å². The first-order valence-electron chi connectivity index (χ1n) is 1.78. The van der Waals surface area contributed by atoms with Crippen LogP contribution in [0.5, 0.6) is 0 Å². The van der Waals surface area contributed by atoms with Crippen LogP contribution in [0.1, 0.15) is 13.3 Å². The van der Waals surface area contributed by atoms with Crippen molar-refractivity contribution in [2.45, 2.75) is 13.3 Å². The maximum Gasteiger partial charge on any atom is -0.0376 e. The molecule has 0 fully saturated rings. The Morgan fingerprint density at radius 1 is 1.80 bits per heavy atom. The van der Waals surface area contributed by atoms with Gasteiger partial charge in [-0.1, -0.05) is 18.8 Å². The lowest BCUT2D eigenvalue weighted by molar-refractivity contribution is 1.23. The van der Waals surface area contributed by atoms with Gasteiger partial charge in [-0.25, -0.2) is 0 Å². The van der Waals surface area contributed by atoms with Gasteiger partial charge in [0.25, 0.3) is 0 Å². The van der Waals surface area contributed by atoms with Gasteiger partial charge in [-0.3, -0.25) is 0 Å². The zero-order valence-electron chi connectivity index (χ0n) is 3.44. The van der Waals surface area contributed by atoms with Crippen molar-refractivity contribution < 1.29 is 0 Å². The zero-order chi connectivity index (χ0) is 4.12. The fraction of sp³-hybridized carbons (Fsp3) is 0.500. The molecule has 0 spiro atoms. The molecule has 0 amide bonds. The van der Waals surface area contributed by atoms with Crippen molar-refractivity contribution >= 4 is 9.24 Å². The van der Waals surface area contributed by atoms with Crippen LogP contribution in [-0.2, 0) is 0 Å². The summed E-state index contributed by atoms with van der Waals surface area (Å²) in [7, 11) is 2.52. The highest BCUT2D eigenvalue weighted by Gasteiger charge is 1.52. The standard InChI is InChI=1S/C4H9P/c1-2-3-4-5/h3-4H,2,5H2,1H3/b4-3-. The summed E-state index contributed by atoms with van der Waals surface area (Å²) in [5.74, 6) is 1.97. The first-order chi connectivity index (χ1) is 2.41. The molecule has 0 aromatic heterocycles. The van der Waals surface area contributed by atoms with Crippen LogP contribution in [0.3, 0.4) is 0 Å². The minimum atomic E-state index is 1.14. The summed E-state index contributed by atoms with van der Waals surface area (Å²) in [6, 6.07) is 0. The summed E-state index contributed by atoms with van der Waals surface area (Å²) < 4.78 is 0. The predicted octanol–water partition coefficient (Wildman–Crippen LogP) is 1.79. The molecule has 0 aliphatic heterocycles. The van der Waals surface area contributed by atoms with Gasteiger partial charge in [0.2, 0.25) is 0 Å². The van der Waals surface area contributed by atoms with Gasteiger partial charge in [0.1, 0.15) is 0 Å². The number of hydrogen-bond donors (Lipinski definition) is 0. The van der Waals surface area contributed by atoms with Gasteiger partial charge in [-0.15, -0.1) is 9.24 Å². The van der Waals surface area contributed by atoms with E-state index in [1.54, 1.807) is 0 Å². The average molecular weight is 88.1 g/mol. The second-order valence-electron chi connectivity index (χ2n) is 0.836. The zero-order valence-corrected chi connectivity index (χ0v) is 4.59. The molecule has 0 aliphatic carbocycles. The Morgan fingerprint density at radius 2 is 2.40 bits per heavy atom. The fourth-order valence-corrected chi connectivity index (χ4v) is 0.408. The Labute approximate surface area is 35.5 Å². The van der Waals surface area contributed by atoms with Gasteiger partial charge in [0.15, 0.2) is 0 Å². The molecule has 0 heterocycles. The van der Waals surface area contributed by atoms with Gasteiger partial charge in [0, 0.05) is 0 Å². The summed E-state index contributed by atoms with van der Waals surface area (Å²) >= 11 is 0. The van der Waals surface area contributed by atoms with Crippen LogP contribution in [0, 0.1) is 0 Å². The molecule has 1 atom stereocenters. The van der Waals surface area contributed by atoms with Crippen molar-refractivity contribution in [2.75, 3.05) is 0 Å². The summed E-state index contributed by atoms with van der Waals surface area (Å²) in [6.45, 7) is 2.11. The normalized spacial score (nSPS) is 10.0. The third kappa shape index (κ3) is 4.17. The molecule has 0 aromatic carbocycles. The highest BCUT2D eigenvalue weighted by molar-refractivity contribution is 7.20. The third-order valence-electron chi connectivity index (χ3n) is 0.372. The van der Waals surface area contributed by atoms with E-state index in [9.17, 15) is 0 Å². The molecule has 0 saturated carbocycles. The van der Waals surface area contributed by atoms with Gasteiger partial charge < -0.3 is 0 Å². The lowest BCUT2D eigenvalue weighted by Gasteiger charge is -1.65. The lowest BCUT2D eigenvalue weighted by atomic mass is 10.5. The lowest BCUT2D eigenvalue weighted by Crippen LogP contribution is -1.40. The van der Waals surface area contributed by atoms with Crippen LogP contribution in [-0.4, -0.2) is 0 Å². The predicted molar refractivity (Wildman–Crippen MR) is 29.1 cm³/mol. The molecule has 0 aliphatic rings. The van der Waals surface area contributed by atoms with Gasteiger partial charge in [0.05, 0.1) is 0 Å². The Balaban J connectivity index is 2.62. The van der Waals surface area contributed by atoms with Crippen LogP contribution in [0.4, 0.5) is 0 Å². The van der Waals surface area contributed by atoms with Gasteiger partial charge in [-0.05, 0) is 6.42 Å². The van der Waals surface area contributed by atoms with Crippen molar-refractivity contribution in [2.24, 2.45) is 0 Å². The van der Waals surface area contributed by atoms with E-state index in [-0.39, 0.29) is 0 Å². The Morgan fingerprint density at radius 3 is 2.40 bits per heavy atom.